The van der Waals surface area contributed by atoms with Crippen LogP contribution in [0.3, 0.4) is 0 Å². The van der Waals surface area contributed by atoms with Gasteiger partial charge in [0.2, 0.25) is 0 Å². The number of aliphatic hydroxyl groups is 1. The molecule has 0 amide bonds. The van der Waals surface area contributed by atoms with Gasteiger partial charge < -0.3 is 15.1 Å². The molecule has 110 valence electrons. The van der Waals surface area contributed by atoms with Gasteiger partial charge in [-0.05, 0) is 32.4 Å². The Balaban J connectivity index is 0.000000160. The Morgan fingerprint density at radius 3 is 2.75 bits per heavy atom. The van der Waals surface area contributed by atoms with Gasteiger partial charge in [-0.1, -0.05) is 6.92 Å². The van der Waals surface area contributed by atoms with Crippen molar-refractivity contribution in [3.8, 4) is 0 Å². The van der Waals surface area contributed by atoms with Crippen LogP contribution in [0.1, 0.15) is 25.8 Å². The van der Waals surface area contributed by atoms with Gasteiger partial charge in [0.15, 0.2) is 0 Å². The van der Waals surface area contributed by atoms with E-state index in [1.54, 1.807) is 0 Å². The number of aryl methyl sites for hydroxylation is 1. The summed E-state index contributed by atoms with van der Waals surface area (Å²) in [5.74, 6) is 0. The number of rotatable bonds is 2. The fourth-order valence-corrected chi connectivity index (χ4v) is 2.43. The minimum absolute atomic E-state index is 0.111. The van der Waals surface area contributed by atoms with E-state index in [1.165, 1.54) is 6.33 Å². The van der Waals surface area contributed by atoms with Crippen LogP contribution in [0.2, 0.25) is 0 Å². The van der Waals surface area contributed by atoms with E-state index >= 15 is 0 Å². The second kappa shape index (κ2) is 6.19. The van der Waals surface area contributed by atoms with E-state index in [2.05, 4.69) is 33.8 Å². The summed E-state index contributed by atoms with van der Waals surface area (Å²) >= 11 is 0. The van der Waals surface area contributed by atoms with E-state index < -0.39 is 0 Å². The molecule has 3 N–H and O–H groups in total. The lowest BCUT2D eigenvalue weighted by atomic mass is 9.96. The Bertz CT molecular complexity index is 619. The molecule has 0 bridgehead atoms. The second-order valence-electron chi connectivity index (χ2n) is 5.21. The maximum Gasteiger partial charge on any atom is 0.275 e. The third-order valence-corrected chi connectivity index (χ3v) is 4.02. The molecule has 2 aromatic rings. The summed E-state index contributed by atoms with van der Waals surface area (Å²) in [6.07, 6.45) is 5.30. The average molecular weight is 278 g/mol. The summed E-state index contributed by atoms with van der Waals surface area (Å²) in [4.78, 5) is 22.9. The molecule has 3 rings (SSSR count). The zero-order valence-electron chi connectivity index (χ0n) is 12.2. The maximum absolute atomic E-state index is 11.2. The third kappa shape index (κ3) is 2.76. The first kappa shape index (κ1) is 14.7. The van der Waals surface area contributed by atoms with Crippen molar-refractivity contribution in [3.05, 3.63) is 28.4 Å². The molecule has 0 radical (unpaired) electrons. The molecule has 20 heavy (non-hydrogen) atoms. The van der Waals surface area contributed by atoms with Crippen molar-refractivity contribution in [3.63, 3.8) is 0 Å². The summed E-state index contributed by atoms with van der Waals surface area (Å²) in [6, 6.07) is 1.14. The molecule has 0 aromatic carbocycles. The highest BCUT2D eigenvalue weighted by Crippen LogP contribution is 2.21. The molecular weight excluding hydrogens is 256 g/mol. The van der Waals surface area contributed by atoms with Crippen molar-refractivity contribution in [2.75, 3.05) is 13.7 Å². The SMILES string of the molecule is CC1CC(CO)N1C.CCc1c[nH]c2c(=O)[nH]cnc12. The third-order valence-electron chi connectivity index (χ3n) is 4.02. The quantitative estimate of drug-likeness (QED) is 0.761. The Labute approximate surface area is 117 Å². The van der Waals surface area contributed by atoms with E-state index in [1.807, 2.05) is 13.1 Å². The van der Waals surface area contributed by atoms with Crippen LogP contribution in [0, 0.1) is 0 Å². The molecule has 0 aliphatic carbocycles. The topological polar surface area (TPSA) is 85.0 Å². The molecule has 1 aliphatic heterocycles. The van der Waals surface area contributed by atoms with Crippen LogP contribution < -0.4 is 5.56 Å². The van der Waals surface area contributed by atoms with Crippen LogP contribution in [0.15, 0.2) is 17.3 Å². The molecule has 0 spiro atoms. The van der Waals surface area contributed by atoms with Crippen LogP contribution in [-0.4, -0.2) is 50.7 Å². The standard InChI is InChI=1S/C8H9N3O.C6H13NO/c1-2-5-3-9-7-6(5)10-4-11-8(7)12;1-5-3-6(4-8)7(5)2/h3-4,9H,2H2,1H3,(H,10,11,12);5-6,8H,3-4H2,1-2H3. The van der Waals surface area contributed by atoms with E-state index in [4.69, 9.17) is 5.11 Å². The zero-order valence-corrected chi connectivity index (χ0v) is 12.2. The first-order valence-electron chi connectivity index (χ1n) is 6.94. The zero-order chi connectivity index (χ0) is 14.7. The minimum Gasteiger partial charge on any atom is -0.395 e. The molecule has 2 unspecified atom stereocenters. The van der Waals surface area contributed by atoms with Gasteiger partial charge in [0.05, 0.1) is 18.5 Å². The van der Waals surface area contributed by atoms with Crippen molar-refractivity contribution in [1.82, 2.24) is 19.9 Å². The summed E-state index contributed by atoms with van der Waals surface area (Å²) < 4.78 is 0. The largest absolute Gasteiger partial charge is 0.395 e. The van der Waals surface area contributed by atoms with E-state index in [9.17, 15) is 4.79 Å². The number of H-pyrrole nitrogens is 2. The summed E-state index contributed by atoms with van der Waals surface area (Å²) in [6.45, 7) is 4.53. The molecule has 2 aromatic heterocycles. The summed E-state index contributed by atoms with van der Waals surface area (Å²) in [7, 11) is 2.05. The number of hydrogen-bond acceptors (Lipinski definition) is 4. The minimum atomic E-state index is -0.111. The summed E-state index contributed by atoms with van der Waals surface area (Å²) in [5, 5.41) is 8.63. The van der Waals surface area contributed by atoms with Gasteiger partial charge in [0.1, 0.15) is 5.52 Å². The highest BCUT2D eigenvalue weighted by molar-refractivity contribution is 5.77. The summed E-state index contributed by atoms with van der Waals surface area (Å²) in [5.41, 5.74) is 2.31. The first-order valence-corrected chi connectivity index (χ1v) is 6.94. The predicted molar refractivity (Wildman–Crippen MR) is 78.8 cm³/mol. The number of hydrogen-bond donors (Lipinski definition) is 3. The van der Waals surface area contributed by atoms with Crippen LogP contribution >= 0.6 is 0 Å². The monoisotopic (exact) mass is 278 g/mol. The fraction of sp³-hybridized carbons (Fsp3) is 0.571. The Kier molecular flexibility index (Phi) is 4.57. The number of likely N-dealkylation sites (N-methyl/N-ethyl adjacent to an activating group) is 1. The number of likely N-dealkylation sites (tertiary alicyclic amines) is 1. The lowest BCUT2D eigenvalue weighted by molar-refractivity contribution is 0.0159. The van der Waals surface area contributed by atoms with Crippen LogP contribution in [0.4, 0.5) is 0 Å². The highest BCUT2D eigenvalue weighted by Gasteiger charge is 2.30. The van der Waals surface area contributed by atoms with E-state index in [0.29, 0.717) is 24.2 Å². The lowest BCUT2D eigenvalue weighted by Gasteiger charge is -2.43. The van der Waals surface area contributed by atoms with Crippen molar-refractivity contribution in [1.29, 1.82) is 0 Å². The number of aromatic nitrogens is 3. The first-order chi connectivity index (χ1) is 9.58. The normalized spacial score (nSPS) is 22.2. The fourth-order valence-electron chi connectivity index (χ4n) is 2.43. The molecule has 2 atom stereocenters. The Morgan fingerprint density at radius 2 is 2.25 bits per heavy atom. The highest BCUT2D eigenvalue weighted by atomic mass is 16.3. The number of nitrogens with one attached hydrogen (secondary N) is 2. The van der Waals surface area contributed by atoms with Gasteiger partial charge in [-0.3, -0.25) is 9.69 Å². The maximum atomic E-state index is 11.2. The van der Waals surface area contributed by atoms with Crippen LogP contribution in [0.5, 0.6) is 0 Å². The molecule has 1 aliphatic rings. The van der Waals surface area contributed by atoms with Gasteiger partial charge in [-0.25, -0.2) is 4.98 Å². The molecule has 3 heterocycles. The van der Waals surface area contributed by atoms with Crippen molar-refractivity contribution >= 4 is 11.0 Å². The van der Waals surface area contributed by atoms with Gasteiger partial charge in [-0.15, -0.1) is 0 Å². The number of nitrogens with zero attached hydrogens (tertiary/aromatic N) is 2. The number of fused-ring (bicyclic) bond motifs is 1. The Morgan fingerprint density at radius 1 is 1.50 bits per heavy atom. The molecule has 1 saturated heterocycles. The van der Waals surface area contributed by atoms with E-state index in [-0.39, 0.29) is 5.56 Å². The van der Waals surface area contributed by atoms with Crippen molar-refractivity contribution in [2.24, 2.45) is 0 Å². The van der Waals surface area contributed by atoms with Gasteiger partial charge in [-0.2, -0.15) is 0 Å². The number of aromatic amines is 2. The molecular formula is C14H22N4O2. The second-order valence-corrected chi connectivity index (χ2v) is 5.21. The van der Waals surface area contributed by atoms with Gasteiger partial charge in [0.25, 0.3) is 5.56 Å². The molecule has 0 saturated carbocycles. The molecule has 6 heteroatoms. The van der Waals surface area contributed by atoms with Crippen LogP contribution in [-0.2, 0) is 6.42 Å². The lowest BCUT2D eigenvalue weighted by Crippen LogP contribution is -2.53. The smallest absolute Gasteiger partial charge is 0.275 e. The van der Waals surface area contributed by atoms with Crippen molar-refractivity contribution < 1.29 is 5.11 Å². The number of aliphatic hydroxyl groups excluding tert-OH is 1. The van der Waals surface area contributed by atoms with Crippen LogP contribution in [0.25, 0.3) is 11.0 Å². The molecule has 6 nitrogen and oxygen atoms in total. The Hall–Kier alpha value is -1.66. The predicted octanol–water partition coefficient (Wildman–Crippen LogP) is 0.885. The average Bonchev–Trinajstić information content (AvgIpc) is 2.89. The van der Waals surface area contributed by atoms with Gasteiger partial charge in [0, 0.05) is 18.3 Å². The van der Waals surface area contributed by atoms with Crippen molar-refractivity contribution in [2.45, 2.75) is 38.8 Å². The molecule has 1 fully saturated rings. The van der Waals surface area contributed by atoms with E-state index in [0.717, 1.165) is 23.9 Å². The van der Waals surface area contributed by atoms with Gasteiger partial charge >= 0.3 is 0 Å².